The van der Waals surface area contributed by atoms with Gasteiger partial charge in [0.2, 0.25) is 0 Å². The Morgan fingerprint density at radius 1 is 1.08 bits per heavy atom. The van der Waals surface area contributed by atoms with Gasteiger partial charge in [0.05, 0.1) is 5.56 Å². The predicted molar refractivity (Wildman–Crippen MR) is 34.1 cm³/mol. The Balaban J connectivity index is 3.56. The van der Waals surface area contributed by atoms with Crippen LogP contribution in [0.5, 0.6) is 0 Å². The Bertz CT molecular complexity index is 351. The molecular weight excluding hydrogens is 190 g/mol. The minimum Gasteiger partial charge on any atom is -0.294 e. The standard InChI is InChI=1S/C7H3F4NO/c1-2(13)3-4(8)6(10)12-7(11)5(3)9/h1H3. The van der Waals surface area contributed by atoms with Crippen LogP contribution in [0.4, 0.5) is 17.6 Å². The Morgan fingerprint density at radius 2 is 1.46 bits per heavy atom. The van der Waals surface area contributed by atoms with E-state index >= 15 is 0 Å². The van der Waals surface area contributed by atoms with Gasteiger partial charge in [-0.05, 0) is 6.92 Å². The van der Waals surface area contributed by atoms with Gasteiger partial charge in [-0.2, -0.15) is 13.8 Å². The summed E-state index contributed by atoms with van der Waals surface area (Å²) < 4.78 is 49.9. The lowest BCUT2D eigenvalue weighted by Crippen LogP contribution is -2.09. The van der Waals surface area contributed by atoms with Crippen LogP contribution >= 0.6 is 0 Å². The minimum absolute atomic E-state index is 0.792. The van der Waals surface area contributed by atoms with Crippen molar-refractivity contribution in [2.75, 3.05) is 0 Å². The highest BCUT2D eigenvalue weighted by molar-refractivity contribution is 5.94. The zero-order chi connectivity index (χ0) is 10.2. The monoisotopic (exact) mass is 193 g/mol. The lowest BCUT2D eigenvalue weighted by atomic mass is 10.2. The fraction of sp³-hybridized carbons (Fsp3) is 0.143. The molecule has 0 N–H and O–H groups in total. The molecule has 2 nitrogen and oxygen atoms in total. The van der Waals surface area contributed by atoms with E-state index in [9.17, 15) is 22.4 Å². The molecule has 0 saturated heterocycles. The molecule has 0 saturated carbocycles. The number of ketones is 1. The van der Waals surface area contributed by atoms with E-state index in [1.165, 1.54) is 0 Å². The lowest BCUT2D eigenvalue weighted by molar-refractivity contribution is 0.100. The van der Waals surface area contributed by atoms with Crippen molar-refractivity contribution in [1.82, 2.24) is 4.98 Å². The van der Waals surface area contributed by atoms with Crippen LogP contribution < -0.4 is 0 Å². The molecule has 0 aliphatic carbocycles. The number of hydrogen-bond donors (Lipinski definition) is 0. The second-order valence-corrected chi connectivity index (χ2v) is 2.25. The summed E-state index contributed by atoms with van der Waals surface area (Å²) in [5.41, 5.74) is -1.25. The maximum absolute atomic E-state index is 12.6. The van der Waals surface area contributed by atoms with Crippen LogP contribution in [0, 0.1) is 23.5 Å². The van der Waals surface area contributed by atoms with E-state index in [1.807, 2.05) is 0 Å². The molecule has 0 aromatic carbocycles. The molecule has 0 unspecified atom stereocenters. The Labute approximate surface area is 70.2 Å². The summed E-state index contributed by atoms with van der Waals surface area (Å²) >= 11 is 0. The van der Waals surface area contributed by atoms with Crippen molar-refractivity contribution in [3.05, 3.63) is 29.1 Å². The smallest absolute Gasteiger partial charge is 0.252 e. The highest BCUT2D eigenvalue weighted by atomic mass is 19.2. The molecular formula is C7H3F4NO. The van der Waals surface area contributed by atoms with Crippen molar-refractivity contribution in [2.45, 2.75) is 6.92 Å². The molecule has 0 aliphatic rings. The first-order valence-corrected chi connectivity index (χ1v) is 3.16. The normalized spacial score (nSPS) is 10.2. The van der Waals surface area contributed by atoms with Gasteiger partial charge in [-0.1, -0.05) is 0 Å². The van der Waals surface area contributed by atoms with Crippen molar-refractivity contribution in [3.8, 4) is 0 Å². The van der Waals surface area contributed by atoms with Gasteiger partial charge in [-0.25, -0.2) is 8.78 Å². The molecule has 0 radical (unpaired) electrons. The van der Waals surface area contributed by atoms with Gasteiger partial charge in [0.25, 0.3) is 11.9 Å². The number of aromatic nitrogens is 1. The van der Waals surface area contributed by atoms with Crippen LogP contribution in [0.25, 0.3) is 0 Å². The van der Waals surface area contributed by atoms with E-state index in [-0.39, 0.29) is 0 Å². The number of nitrogens with zero attached hydrogens (tertiary/aromatic N) is 1. The first kappa shape index (κ1) is 9.63. The second-order valence-electron chi connectivity index (χ2n) is 2.25. The van der Waals surface area contributed by atoms with E-state index in [2.05, 4.69) is 4.98 Å². The number of rotatable bonds is 1. The zero-order valence-electron chi connectivity index (χ0n) is 6.37. The van der Waals surface area contributed by atoms with Crippen LogP contribution in [0.3, 0.4) is 0 Å². The largest absolute Gasteiger partial charge is 0.294 e. The van der Waals surface area contributed by atoms with Crippen molar-refractivity contribution in [2.24, 2.45) is 0 Å². The molecule has 1 heterocycles. The number of hydrogen-bond acceptors (Lipinski definition) is 2. The molecule has 6 heteroatoms. The van der Waals surface area contributed by atoms with Gasteiger partial charge in [0.15, 0.2) is 17.4 Å². The topological polar surface area (TPSA) is 30.0 Å². The number of carbonyl (C=O) groups excluding carboxylic acids is 1. The number of halogens is 4. The molecule has 1 aromatic rings. The quantitative estimate of drug-likeness (QED) is 0.387. The van der Waals surface area contributed by atoms with Gasteiger partial charge in [-0.15, -0.1) is 0 Å². The Hall–Kier alpha value is -1.46. The van der Waals surface area contributed by atoms with Crippen molar-refractivity contribution >= 4 is 5.78 Å². The Kier molecular flexibility index (Phi) is 2.31. The molecule has 0 amide bonds. The van der Waals surface area contributed by atoms with E-state index < -0.39 is 34.9 Å². The molecule has 70 valence electrons. The predicted octanol–water partition coefficient (Wildman–Crippen LogP) is 1.84. The van der Waals surface area contributed by atoms with Crippen LogP contribution in [0.2, 0.25) is 0 Å². The molecule has 0 bridgehead atoms. The highest BCUT2D eigenvalue weighted by Gasteiger charge is 2.23. The number of Topliss-reactive ketones (excluding diaryl/α,β-unsaturated/α-hetero) is 1. The van der Waals surface area contributed by atoms with E-state index in [1.54, 1.807) is 0 Å². The summed E-state index contributed by atoms with van der Waals surface area (Å²) in [5.74, 6) is -8.30. The van der Waals surface area contributed by atoms with E-state index in [0.29, 0.717) is 0 Å². The highest BCUT2D eigenvalue weighted by Crippen LogP contribution is 2.16. The average Bonchev–Trinajstić information content (AvgIpc) is 2.01. The third-order valence-electron chi connectivity index (χ3n) is 1.35. The van der Waals surface area contributed by atoms with Gasteiger partial charge in [0, 0.05) is 0 Å². The van der Waals surface area contributed by atoms with Gasteiger partial charge >= 0.3 is 0 Å². The summed E-state index contributed by atoms with van der Waals surface area (Å²) in [6.45, 7) is 0.792. The maximum Gasteiger partial charge on any atom is 0.252 e. The summed E-state index contributed by atoms with van der Waals surface area (Å²) in [5, 5.41) is 0. The molecule has 1 rings (SSSR count). The minimum atomic E-state index is -1.83. The van der Waals surface area contributed by atoms with Gasteiger partial charge < -0.3 is 0 Å². The van der Waals surface area contributed by atoms with Gasteiger partial charge in [-0.3, -0.25) is 4.79 Å². The van der Waals surface area contributed by atoms with Crippen LogP contribution in [-0.4, -0.2) is 10.8 Å². The van der Waals surface area contributed by atoms with E-state index in [0.717, 1.165) is 6.92 Å². The van der Waals surface area contributed by atoms with Crippen LogP contribution in [-0.2, 0) is 0 Å². The summed E-state index contributed by atoms with van der Waals surface area (Å²) in [6.07, 6.45) is 0. The Morgan fingerprint density at radius 3 is 1.77 bits per heavy atom. The summed E-state index contributed by atoms with van der Waals surface area (Å²) in [7, 11) is 0. The van der Waals surface area contributed by atoms with Crippen LogP contribution in [0.1, 0.15) is 17.3 Å². The lowest BCUT2D eigenvalue weighted by Gasteiger charge is -2.01. The molecule has 13 heavy (non-hydrogen) atoms. The van der Waals surface area contributed by atoms with Crippen molar-refractivity contribution in [1.29, 1.82) is 0 Å². The maximum atomic E-state index is 12.6. The summed E-state index contributed by atoms with van der Waals surface area (Å²) in [4.78, 5) is 12.8. The molecule has 1 aromatic heterocycles. The van der Waals surface area contributed by atoms with Crippen LogP contribution in [0.15, 0.2) is 0 Å². The van der Waals surface area contributed by atoms with Gasteiger partial charge in [0.1, 0.15) is 0 Å². The SMILES string of the molecule is CC(=O)c1c(F)c(F)nc(F)c1F. The molecule has 0 fully saturated rings. The molecule has 0 atom stereocenters. The average molecular weight is 193 g/mol. The third-order valence-corrected chi connectivity index (χ3v) is 1.35. The molecule has 0 spiro atoms. The zero-order valence-corrected chi connectivity index (χ0v) is 6.37. The number of carbonyl (C=O) groups is 1. The summed E-state index contributed by atoms with van der Waals surface area (Å²) in [6, 6.07) is 0. The number of pyridine rings is 1. The first-order chi connectivity index (χ1) is 5.95. The molecule has 0 aliphatic heterocycles. The fourth-order valence-electron chi connectivity index (χ4n) is 0.796. The fourth-order valence-corrected chi connectivity index (χ4v) is 0.796. The second kappa shape index (κ2) is 3.12. The van der Waals surface area contributed by atoms with Crippen molar-refractivity contribution < 1.29 is 22.4 Å². The van der Waals surface area contributed by atoms with E-state index in [4.69, 9.17) is 0 Å². The van der Waals surface area contributed by atoms with Crippen molar-refractivity contribution in [3.63, 3.8) is 0 Å². The third kappa shape index (κ3) is 1.51. The first-order valence-electron chi connectivity index (χ1n) is 3.16.